The SMILES string of the molecule is C=CCN(CC(=O)N(Cc1ccccc1)Cc1ccco1)C(=O)C(Cl)c1ccccc1. The third kappa shape index (κ3) is 6.33. The number of nitrogens with zero attached hydrogens (tertiary/aromatic N) is 2. The third-order valence-corrected chi connectivity index (χ3v) is 5.23. The van der Waals surface area contributed by atoms with Gasteiger partial charge in [0, 0.05) is 13.1 Å². The molecule has 0 spiro atoms. The van der Waals surface area contributed by atoms with Crippen molar-refractivity contribution in [2.45, 2.75) is 18.5 Å². The van der Waals surface area contributed by atoms with E-state index < -0.39 is 5.38 Å². The second kappa shape index (κ2) is 11.2. The molecule has 0 aliphatic rings. The molecule has 3 aromatic rings. The highest BCUT2D eigenvalue weighted by Gasteiger charge is 2.27. The maximum atomic E-state index is 13.2. The zero-order valence-electron chi connectivity index (χ0n) is 17.2. The Hall–Kier alpha value is -3.31. The number of furan rings is 1. The minimum Gasteiger partial charge on any atom is -0.467 e. The zero-order valence-corrected chi connectivity index (χ0v) is 17.9. The Balaban J connectivity index is 1.76. The fourth-order valence-electron chi connectivity index (χ4n) is 3.20. The van der Waals surface area contributed by atoms with E-state index in [-0.39, 0.29) is 24.9 Å². The monoisotopic (exact) mass is 436 g/mol. The molecule has 1 unspecified atom stereocenters. The molecule has 2 aromatic carbocycles. The van der Waals surface area contributed by atoms with Crippen LogP contribution in [0.2, 0.25) is 0 Å². The van der Waals surface area contributed by atoms with Crippen molar-refractivity contribution in [1.29, 1.82) is 0 Å². The molecule has 0 aliphatic heterocycles. The lowest BCUT2D eigenvalue weighted by Gasteiger charge is -2.28. The second-order valence-electron chi connectivity index (χ2n) is 7.10. The molecular weight excluding hydrogens is 412 g/mol. The smallest absolute Gasteiger partial charge is 0.245 e. The molecule has 0 N–H and O–H groups in total. The minimum atomic E-state index is -0.874. The molecule has 0 saturated heterocycles. The minimum absolute atomic E-state index is 0.103. The zero-order chi connectivity index (χ0) is 22.1. The largest absolute Gasteiger partial charge is 0.467 e. The molecular formula is C25H25ClN2O3. The molecule has 31 heavy (non-hydrogen) atoms. The van der Waals surface area contributed by atoms with E-state index in [0.29, 0.717) is 24.4 Å². The van der Waals surface area contributed by atoms with Gasteiger partial charge in [0.1, 0.15) is 17.7 Å². The van der Waals surface area contributed by atoms with Gasteiger partial charge in [-0.1, -0.05) is 66.7 Å². The van der Waals surface area contributed by atoms with Crippen LogP contribution in [0.3, 0.4) is 0 Å². The number of hydrogen-bond acceptors (Lipinski definition) is 3. The van der Waals surface area contributed by atoms with Crippen LogP contribution in [0.4, 0.5) is 0 Å². The normalized spacial score (nSPS) is 11.5. The maximum Gasteiger partial charge on any atom is 0.245 e. The highest BCUT2D eigenvalue weighted by molar-refractivity contribution is 6.30. The average Bonchev–Trinajstić information content (AvgIpc) is 3.32. The van der Waals surface area contributed by atoms with E-state index in [4.69, 9.17) is 16.0 Å². The third-order valence-electron chi connectivity index (χ3n) is 4.79. The Kier molecular flexibility index (Phi) is 8.07. The van der Waals surface area contributed by atoms with E-state index in [1.165, 1.54) is 4.90 Å². The van der Waals surface area contributed by atoms with Gasteiger partial charge < -0.3 is 14.2 Å². The van der Waals surface area contributed by atoms with Gasteiger partial charge in [0.25, 0.3) is 0 Å². The summed E-state index contributed by atoms with van der Waals surface area (Å²) >= 11 is 6.43. The number of carbonyl (C=O) groups excluding carboxylic acids is 2. The van der Waals surface area contributed by atoms with Crippen molar-refractivity contribution in [3.05, 3.63) is 109 Å². The summed E-state index contributed by atoms with van der Waals surface area (Å²) in [6, 6.07) is 22.4. The van der Waals surface area contributed by atoms with E-state index in [2.05, 4.69) is 6.58 Å². The molecule has 3 rings (SSSR count). The van der Waals surface area contributed by atoms with Gasteiger partial charge in [-0.05, 0) is 23.3 Å². The number of benzene rings is 2. The van der Waals surface area contributed by atoms with Crippen LogP contribution in [0, 0.1) is 0 Å². The van der Waals surface area contributed by atoms with E-state index >= 15 is 0 Å². The second-order valence-corrected chi connectivity index (χ2v) is 7.53. The molecule has 0 aliphatic carbocycles. The molecule has 1 aromatic heterocycles. The van der Waals surface area contributed by atoms with Crippen molar-refractivity contribution in [2.75, 3.05) is 13.1 Å². The van der Waals surface area contributed by atoms with Crippen LogP contribution in [0.1, 0.15) is 22.3 Å². The highest BCUT2D eigenvalue weighted by atomic mass is 35.5. The first-order valence-electron chi connectivity index (χ1n) is 10.0. The summed E-state index contributed by atoms with van der Waals surface area (Å²) in [6.45, 7) is 4.55. The van der Waals surface area contributed by atoms with E-state index in [9.17, 15) is 9.59 Å². The molecule has 2 amide bonds. The Bertz CT molecular complexity index is 975. The molecule has 0 bridgehead atoms. The molecule has 5 nitrogen and oxygen atoms in total. The molecule has 1 heterocycles. The van der Waals surface area contributed by atoms with Crippen LogP contribution >= 0.6 is 11.6 Å². The lowest BCUT2D eigenvalue weighted by atomic mass is 10.1. The maximum absolute atomic E-state index is 13.2. The first-order chi connectivity index (χ1) is 15.1. The first kappa shape index (κ1) is 22.4. The van der Waals surface area contributed by atoms with Gasteiger partial charge in [0.2, 0.25) is 11.8 Å². The topological polar surface area (TPSA) is 53.8 Å². The average molecular weight is 437 g/mol. The van der Waals surface area contributed by atoms with Crippen LogP contribution in [0.15, 0.2) is 96.1 Å². The summed E-state index contributed by atoms with van der Waals surface area (Å²) in [5, 5.41) is -0.874. The van der Waals surface area contributed by atoms with Crippen LogP contribution in [0.25, 0.3) is 0 Å². The van der Waals surface area contributed by atoms with Crippen molar-refractivity contribution in [1.82, 2.24) is 9.80 Å². The molecule has 0 saturated carbocycles. The quantitative estimate of drug-likeness (QED) is 0.338. The van der Waals surface area contributed by atoms with Crippen molar-refractivity contribution in [3.63, 3.8) is 0 Å². The van der Waals surface area contributed by atoms with Gasteiger partial charge >= 0.3 is 0 Å². The van der Waals surface area contributed by atoms with Gasteiger partial charge in [-0.3, -0.25) is 9.59 Å². The number of carbonyl (C=O) groups is 2. The van der Waals surface area contributed by atoms with Gasteiger partial charge in [-0.25, -0.2) is 0 Å². The predicted octanol–water partition coefficient (Wildman–Crippen LogP) is 4.80. The number of alkyl halides is 1. The molecule has 0 fully saturated rings. The number of halogens is 1. The van der Waals surface area contributed by atoms with Gasteiger partial charge in [-0.15, -0.1) is 18.2 Å². The lowest BCUT2D eigenvalue weighted by Crippen LogP contribution is -2.43. The molecule has 160 valence electrons. The van der Waals surface area contributed by atoms with Crippen molar-refractivity contribution in [3.8, 4) is 0 Å². The lowest BCUT2D eigenvalue weighted by molar-refractivity contribution is -0.140. The highest BCUT2D eigenvalue weighted by Crippen LogP contribution is 2.23. The van der Waals surface area contributed by atoms with E-state index in [0.717, 1.165) is 5.56 Å². The van der Waals surface area contributed by atoms with Crippen LogP contribution in [-0.4, -0.2) is 34.7 Å². The number of hydrogen-bond donors (Lipinski definition) is 0. The number of amides is 2. The van der Waals surface area contributed by atoms with Crippen molar-refractivity contribution >= 4 is 23.4 Å². The summed E-state index contributed by atoms with van der Waals surface area (Å²) < 4.78 is 5.44. The Morgan fingerprint density at radius 2 is 1.61 bits per heavy atom. The Morgan fingerprint density at radius 1 is 0.935 bits per heavy atom. The van der Waals surface area contributed by atoms with Crippen LogP contribution < -0.4 is 0 Å². The Morgan fingerprint density at radius 3 is 2.23 bits per heavy atom. The summed E-state index contributed by atoms with van der Waals surface area (Å²) in [5.74, 6) is 0.136. The first-order valence-corrected chi connectivity index (χ1v) is 10.4. The van der Waals surface area contributed by atoms with E-state index in [1.54, 1.807) is 35.4 Å². The predicted molar refractivity (Wildman–Crippen MR) is 121 cm³/mol. The van der Waals surface area contributed by atoms with Crippen molar-refractivity contribution < 1.29 is 14.0 Å². The standard InChI is InChI=1S/C25H25ClN2O3/c1-2-15-27(25(30)24(26)21-12-7-4-8-13-21)19-23(29)28(18-22-14-9-16-31-22)17-20-10-5-3-6-11-20/h2-14,16,24H,1,15,17-19H2. The number of rotatable bonds is 10. The fourth-order valence-corrected chi connectivity index (χ4v) is 3.49. The molecule has 0 radical (unpaired) electrons. The molecule has 1 atom stereocenters. The van der Waals surface area contributed by atoms with Crippen molar-refractivity contribution in [2.24, 2.45) is 0 Å². The van der Waals surface area contributed by atoms with Crippen LogP contribution in [0.5, 0.6) is 0 Å². The van der Waals surface area contributed by atoms with Crippen LogP contribution in [-0.2, 0) is 22.7 Å². The molecule has 6 heteroatoms. The summed E-state index contributed by atoms with van der Waals surface area (Å²) in [4.78, 5) is 29.4. The summed E-state index contributed by atoms with van der Waals surface area (Å²) in [7, 11) is 0. The van der Waals surface area contributed by atoms with Gasteiger partial charge in [0.05, 0.1) is 12.8 Å². The Labute approximate surface area is 187 Å². The van der Waals surface area contributed by atoms with Gasteiger partial charge in [-0.2, -0.15) is 0 Å². The van der Waals surface area contributed by atoms with Gasteiger partial charge in [0.15, 0.2) is 0 Å². The fraction of sp³-hybridized carbons (Fsp3) is 0.200. The summed E-state index contributed by atoms with van der Waals surface area (Å²) in [5.41, 5.74) is 1.68. The van der Waals surface area contributed by atoms with E-state index in [1.807, 2.05) is 54.6 Å². The summed E-state index contributed by atoms with van der Waals surface area (Å²) in [6.07, 6.45) is 3.17.